The average Bonchev–Trinajstić information content (AvgIpc) is 3.51. The number of H-pyrrole nitrogens is 1. The van der Waals surface area contributed by atoms with Crippen LogP contribution in [0.5, 0.6) is 0 Å². The van der Waals surface area contributed by atoms with E-state index >= 15 is 0 Å². The number of aromatic nitrogens is 5. The van der Waals surface area contributed by atoms with Crippen molar-refractivity contribution < 1.29 is 19.5 Å². The third kappa shape index (κ3) is 4.91. The number of carbonyl (C=O) groups is 3. The summed E-state index contributed by atoms with van der Waals surface area (Å²) in [5.74, 6) is -1.40. The van der Waals surface area contributed by atoms with Crippen LogP contribution in [0.15, 0.2) is 36.9 Å². The highest BCUT2D eigenvalue weighted by molar-refractivity contribution is 7.17. The van der Waals surface area contributed by atoms with E-state index in [0.29, 0.717) is 34.6 Å². The lowest BCUT2D eigenvalue weighted by atomic mass is 10.2. The van der Waals surface area contributed by atoms with Crippen molar-refractivity contribution in [1.29, 1.82) is 0 Å². The van der Waals surface area contributed by atoms with Crippen LogP contribution in [0, 0.1) is 18.8 Å². The summed E-state index contributed by atoms with van der Waals surface area (Å²) in [6, 6.07) is 7.08. The molecular formula is C25H22Cl2N8O4S. The van der Waals surface area contributed by atoms with Gasteiger partial charge < -0.3 is 25.6 Å². The Balaban J connectivity index is 1.07. The second kappa shape index (κ2) is 10.2. The second-order valence-electron chi connectivity index (χ2n) is 9.70. The number of nitrogens with zero attached hydrogens (tertiary/aromatic N) is 5. The van der Waals surface area contributed by atoms with E-state index in [1.54, 1.807) is 48.4 Å². The van der Waals surface area contributed by atoms with Crippen LogP contribution in [0.2, 0.25) is 10.0 Å². The number of amides is 2. The number of carboxylic acids is 1. The van der Waals surface area contributed by atoms with Gasteiger partial charge in [0, 0.05) is 48.0 Å². The number of piperidine rings is 1. The molecule has 0 radical (unpaired) electrons. The molecular weight excluding hydrogens is 579 g/mol. The van der Waals surface area contributed by atoms with Gasteiger partial charge in [-0.3, -0.25) is 14.2 Å². The van der Waals surface area contributed by atoms with Crippen molar-refractivity contribution in [3.63, 3.8) is 0 Å². The molecule has 15 heteroatoms. The molecule has 2 fully saturated rings. The third-order valence-corrected chi connectivity index (χ3v) is 9.21. The van der Waals surface area contributed by atoms with Crippen molar-refractivity contribution in [2.45, 2.75) is 19.4 Å². The highest BCUT2D eigenvalue weighted by atomic mass is 35.5. The topological polar surface area (TPSA) is 158 Å². The summed E-state index contributed by atoms with van der Waals surface area (Å²) in [7, 11) is 0. The zero-order valence-electron chi connectivity index (χ0n) is 20.9. The summed E-state index contributed by atoms with van der Waals surface area (Å²) in [6.45, 7) is 2.97. The smallest absolute Gasteiger partial charge is 0.347 e. The fourth-order valence-corrected chi connectivity index (χ4v) is 6.37. The van der Waals surface area contributed by atoms with Crippen LogP contribution >= 0.6 is 34.5 Å². The Morgan fingerprint density at radius 1 is 1.10 bits per heavy atom. The zero-order chi connectivity index (χ0) is 28.1. The number of aromatic amines is 1. The monoisotopic (exact) mass is 600 g/mol. The lowest BCUT2D eigenvalue weighted by Gasteiger charge is -2.19. The molecule has 4 aromatic rings. The Hall–Kier alpha value is -3.94. The summed E-state index contributed by atoms with van der Waals surface area (Å²) < 4.78 is 1.73. The predicted molar refractivity (Wildman–Crippen MR) is 149 cm³/mol. The quantitative estimate of drug-likeness (QED) is 0.239. The molecule has 1 aliphatic carbocycles. The average molecular weight is 601 g/mol. The standard InChI is InChI=1S/C25H22Cl2N8O4S/c1-11-18(26)19(27)21(30-11)23(37)33-20-14-7-34(8-15(14)20)25-32-16(22(40-25)24(38)39)6-17(36)31-12-2-4-13(5-3-12)35-9-28-29-10-35/h2-5,9-10,14-15,20,30H,6-8H2,1H3,(H,31,36)(H,33,37)(H,38,39)/t14-,15+,20+. The first-order valence-corrected chi connectivity index (χ1v) is 13.8. The minimum atomic E-state index is -1.13. The van der Waals surface area contributed by atoms with Gasteiger partial charge in [-0.25, -0.2) is 9.78 Å². The number of halogens is 2. The molecule has 1 saturated carbocycles. The number of benzene rings is 1. The Labute approximate surface area is 241 Å². The Kier molecular flexibility index (Phi) is 6.72. The first kappa shape index (κ1) is 26.3. The number of carbonyl (C=O) groups excluding carboxylic acids is 2. The number of aromatic carboxylic acids is 1. The van der Waals surface area contributed by atoms with Crippen LogP contribution in [0.1, 0.15) is 31.5 Å². The number of fused-ring (bicyclic) bond motifs is 1. The van der Waals surface area contributed by atoms with E-state index in [-0.39, 0.29) is 57.4 Å². The highest BCUT2D eigenvalue weighted by Crippen LogP contribution is 2.48. The number of anilines is 2. The Morgan fingerprint density at radius 3 is 2.38 bits per heavy atom. The summed E-state index contributed by atoms with van der Waals surface area (Å²) in [6.07, 6.45) is 2.96. The number of rotatable bonds is 8. The summed E-state index contributed by atoms with van der Waals surface area (Å²) in [5, 5.41) is 24.1. The Morgan fingerprint density at radius 2 is 1.77 bits per heavy atom. The van der Waals surface area contributed by atoms with Gasteiger partial charge in [0.25, 0.3) is 5.91 Å². The predicted octanol–water partition coefficient (Wildman–Crippen LogP) is 3.41. The molecule has 3 aromatic heterocycles. The van der Waals surface area contributed by atoms with E-state index in [9.17, 15) is 19.5 Å². The number of hydrogen-bond acceptors (Lipinski definition) is 8. The van der Waals surface area contributed by atoms with Crippen molar-refractivity contribution in [3.05, 3.63) is 68.9 Å². The molecule has 0 spiro atoms. The summed E-state index contributed by atoms with van der Waals surface area (Å²) in [4.78, 5) is 46.8. The second-order valence-corrected chi connectivity index (χ2v) is 11.4. The van der Waals surface area contributed by atoms with Gasteiger partial charge in [-0.2, -0.15) is 0 Å². The van der Waals surface area contributed by atoms with E-state index in [2.05, 4.69) is 30.8 Å². The molecule has 1 saturated heterocycles. The normalized spacial score (nSPS) is 19.4. The molecule has 2 amide bonds. The molecule has 206 valence electrons. The number of thiazole rings is 1. The van der Waals surface area contributed by atoms with Gasteiger partial charge in [0.1, 0.15) is 23.2 Å². The fraction of sp³-hybridized carbons (Fsp3) is 0.280. The van der Waals surface area contributed by atoms with Crippen LogP contribution in [-0.2, 0) is 11.2 Å². The first-order chi connectivity index (χ1) is 19.2. The van der Waals surface area contributed by atoms with Crippen molar-refractivity contribution in [2.75, 3.05) is 23.3 Å². The lowest BCUT2D eigenvalue weighted by Crippen LogP contribution is -2.34. The van der Waals surface area contributed by atoms with Gasteiger partial charge in [0.2, 0.25) is 5.91 Å². The van der Waals surface area contributed by atoms with Crippen molar-refractivity contribution >= 4 is 63.1 Å². The van der Waals surface area contributed by atoms with E-state index in [1.807, 2.05) is 4.90 Å². The van der Waals surface area contributed by atoms with Crippen LogP contribution in [0.25, 0.3) is 5.69 Å². The zero-order valence-corrected chi connectivity index (χ0v) is 23.2. The Bertz CT molecular complexity index is 1610. The highest BCUT2D eigenvalue weighted by Gasteiger charge is 2.57. The largest absolute Gasteiger partial charge is 0.477 e. The summed E-state index contributed by atoms with van der Waals surface area (Å²) in [5.41, 5.74) is 2.48. The number of nitrogens with one attached hydrogen (secondary N) is 3. The van der Waals surface area contributed by atoms with Crippen LogP contribution in [0.3, 0.4) is 0 Å². The van der Waals surface area contributed by atoms with Crippen LogP contribution < -0.4 is 15.5 Å². The molecule has 0 unspecified atom stereocenters. The molecule has 2 aliphatic rings. The SMILES string of the molecule is Cc1[nH]c(C(=O)N[C@H]2[C@@H]3CN(c4nc(CC(=O)Nc5ccc(-n6cnnc6)cc5)c(C(=O)O)s4)C[C@@H]32)c(Cl)c1Cl. The van der Waals surface area contributed by atoms with E-state index in [1.165, 1.54) is 0 Å². The molecule has 4 heterocycles. The van der Waals surface area contributed by atoms with E-state index in [0.717, 1.165) is 17.0 Å². The molecule has 0 bridgehead atoms. The maximum atomic E-state index is 12.7. The van der Waals surface area contributed by atoms with Crippen molar-refractivity contribution in [2.24, 2.45) is 11.8 Å². The molecule has 6 rings (SSSR count). The van der Waals surface area contributed by atoms with Gasteiger partial charge in [-0.1, -0.05) is 34.5 Å². The van der Waals surface area contributed by atoms with Gasteiger partial charge >= 0.3 is 5.97 Å². The maximum Gasteiger partial charge on any atom is 0.347 e. The van der Waals surface area contributed by atoms with Crippen molar-refractivity contribution in [3.8, 4) is 5.69 Å². The number of aryl methyl sites for hydroxylation is 1. The lowest BCUT2D eigenvalue weighted by molar-refractivity contribution is -0.115. The van der Waals surface area contributed by atoms with Gasteiger partial charge in [-0.05, 0) is 31.2 Å². The molecule has 3 atom stereocenters. The van der Waals surface area contributed by atoms with E-state index in [4.69, 9.17) is 23.2 Å². The fourth-order valence-electron chi connectivity index (χ4n) is 5.02. The van der Waals surface area contributed by atoms with Crippen LogP contribution in [-0.4, -0.2) is 66.8 Å². The van der Waals surface area contributed by atoms with E-state index < -0.39 is 5.97 Å². The number of carboxylic acid groups (broad SMARTS) is 1. The molecule has 12 nitrogen and oxygen atoms in total. The maximum absolute atomic E-state index is 12.7. The minimum Gasteiger partial charge on any atom is -0.477 e. The minimum absolute atomic E-state index is 0.0113. The molecule has 1 aliphatic heterocycles. The summed E-state index contributed by atoms with van der Waals surface area (Å²) >= 11 is 13.3. The van der Waals surface area contributed by atoms with Crippen LogP contribution in [0.4, 0.5) is 10.8 Å². The van der Waals surface area contributed by atoms with Gasteiger partial charge in [-0.15, -0.1) is 10.2 Å². The third-order valence-electron chi connectivity index (χ3n) is 7.12. The van der Waals surface area contributed by atoms with Gasteiger partial charge in [0.15, 0.2) is 5.13 Å². The molecule has 40 heavy (non-hydrogen) atoms. The molecule has 1 aromatic carbocycles. The van der Waals surface area contributed by atoms with Gasteiger partial charge in [0.05, 0.1) is 22.2 Å². The van der Waals surface area contributed by atoms with Crippen molar-refractivity contribution in [1.82, 2.24) is 30.0 Å². The molecule has 4 N–H and O–H groups in total. The first-order valence-electron chi connectivity index (χ1n) is 12.3. The number of hydrogen-bond donors (Lipinski definition) is 4.